The maximum atomic E-state index is 13.7. The molecular weight excluding hydrogens is 294 g/mol. The van der Waals surface area contributed by atoms with Crippen LogP contribution in [-0.2, 0) is 4.79 Å². The zero-order chi connectivity index (χ0) is 12.6. The van der Waals surface area contributed by atoms with Gasteiger partial charge < -0.3 is 10.6 Å². The molecule has 1 fully saturated rings. The van der Waals surface area contributed by atoms with E-state index in [0.717, 1.165) is 0 Å². The molecule has 0 spiro atoms. The second kappa shape index (κ2) is 4.70. The van der Waals surface area contributed by atoms with Gasteiger partial charge in [0.15, 0.2) is 11.6 Å². The van der Waals surface area contributed by atoms with Crippen molar-refractivity contribution in [2.24, 2.45) is 11.7 Å². The van der Waals surface area contributed by atoms with E-state index in [-0.39, 0.29) is 28.4 Å². The second-order valence-electron chi connectivity index (χ2n) is 4.00. The second-order valence-corrected chi connectivity index (χ2v) is 4.86. The van der Waals surface area contributed by atoms with Gasteiger partial charge in [-0.25, -0.2) is 8.78 Å². The summed E-state index contributed by atoms with van der Waals surface area (Å²) in [6.07, 6.45) is 0.285. The summed E-state index contributed by atoms with van der Waals surface area (Å²) in [4.78, 5) is 12.9. The number of halogens is 3. The van der Waals surface area contributed by atoms with Crippen LogP contribution >= 0.6 is 15.9 Å². The summed E-state index contributed by atoms with van der Waals surface area (Å²) in [7, 11) is 0. The Balaban J connectivity index is 2.35. The smallest absolute Gasteiger partial charge is 0.227 e. The standard InChI is InChI=1S/C11H11BrF2N2O/c12-7-1-2-8(11(14)10(7)13)16-5-6(4-15)3-9(16)17/h1-2,6H,3-5,15H2. The minimum atomic E-state index is -1.01. The van der Waals surface area contributed by atoms with E-state index in [9.17, 15) is 13.6 Å². The van der Waals surface area contributed by atoms with Crippen molar-refractivity contribution in [3.63, 3.8) is 0 Å². The third kappa shape index (κ3) is 2.19. The van der Waals surface area contributed by atoms with Crippen molar-refractivity contribution in [3.8, 4) is 0 Å². The van der Waals surface area contributed by atoms with Crippen LogP contribution in [0.2, 0.25) is 0 Å². The van der Waals surface area contributed by atoms with Gasteiger partial charge in [0.1, 0.15) is 0 Å². The van der Waals surface area contributed by atoms with Gasteiger partial charge in [-0.1, -0.05) is 0 Å². The lowest BCUT2D eigenvalue weighted by atomic mass is 10.1. The zero-order valence-corrected chi connectivity index (χ0v) is 10.5. The molecule has 1 aromatic rings. The number of benzene rings is 1. The number of hydrogen-bond donors (Lipinski definition) is 1. The highest BCUT2D eigenvalue weighted by atomic mass is 79.9. The molecule has 3 nitrogen and oxygen atoms in total. The fraction of sp³-hybridized carbons (Fsp3) is 0.364. The Hall–Kier alpha value is -1.01. The molecule has 1 amide bonds. The van der Waals surface area contributed by atoms with Crippen LogP contribution in [0.5, 0.6) is 0 Å². The van der Waals surface area contributed by atoms with Crippen LogP contribution in [0.3, 0.4) is 0 Å². The average molecular weight is 305 g/mol. The van der Waals surface area contributed by atoms with Crippen LogP contribution < -0.4 is 10.6 Å². The monoisotopic (exact) mass is 304 g/mol. The van der Waals surface area contributed by atoms with Gasteiger partial charge in [-0.05, 0) is 40.5 Å². The third-order valence-corrected chi connectivity index (χ3v) is 3.46. The number of rotatable bonds is 2. The maximum absolute atomic E-state index is 13.7. The van der Waals surface area contributed by atoms with E-state index in [2.05, 4.69) is 15.9 Å². The van der Waals surface area contributed by atoms with Gasteiger partial charge in [-0.3, -0.25) is 4.79 Å². The van der Waals surface area contributed by atoms with Crippen LogP contribution in [0, 0.1) is 17.6 Å². The first-order valence-electron chi connectivity index (χ1n) is 5.18. The Kier molecular flexibility index (Phi) is 3.44. The zero-order valence-electron chi connectivity index (χ0n) is 8.92. The van der Waals surface area contributed by atoms with Gasteiger partial charge in [0.25, 0.3) is 0 Å². The summed E-state index contributed by atoms with van der Waals surface area (Å²) in [6.45, 7) is 0.705. The Morgan fingerprint density at radius 1 is 1.41 bits per heavy atom. The summed E-state index contributed by atoms with van der Waals surface area (Å²) >= 11 is 2.89. The molecule has 1 heterocycles. The number of amides is 1. The Morgan fingerprint density at radius 3 is 2.71 bits per heavy atom. The van der Waals surface area contributed by atoms with E-state index in [4.69, 9.17) is 5.73 Å². The molecule has 0 radical (unpaired) electrons. The van der Waals surface area contributed by atoms with Crippen molar-refractivity contribution in [1.82, 2.24) is 0 Å². The molecule has 1 aliphatic rings. The third-order valence-electron chi connectivity index (χ3n) is 2.84. The van der Waals surface area contributed by atoms with Crippen LogP contribution in [0.25, 0.3) is 0 Å². The van der Waals surface area contributed by atoms with Gasteiger partial charge in [0.05, 0.1) is 10.2 Å². The minimum Gasteiger partial charge on any atom is -0.330 e. The molecule has 0 aliphatic carbocycles. The Bertz CT molecular complexity index is 467. The number of carbonyl (C=O) groups is 1. The van der Waals surface area contributed by atoms with Gasteiger partial charge in [0, 0.05) is 13.0 Å². The summed E-state index contributed by atoms with van der Waals surface area (Å²) in [5, 5.41) is 0. The number of carbonyl (C=O) groups excluding carboxylic acids is 1. The quantitative estimate of drug-likeness (QED) is 0.850. The van der Waals surface area contributed by atoms with Crippen molar-refractivity contribution >= 4 is 27.5 Å². The van der Waals surface area contributed by atoms with Gasteiger partial charge in [0.2, 0.25) is 5.91 Å². The van der Waals surface area contributed by atoms with E-state index in [0.29, 0.717) is 13.1 Å². The predicted molar refractivity (Wildman–Crippen MR) is 63.6 cm³/mol. The van der Waals surface area contributed by atoms with Gasteiger partial charge in [-0.2, -0.15) is 0 Å². The molecule has 0 aromatic heterocycles. The lowest BCUT2D eigenvalue weighted by Crippen LogP contribution is -2.27. The first-order chi connectivity index (χ1) is 8.04. The van der Waals surface area contributed by atoms with Crippen LogP contribution in [0.4, 0.5) is 14.5 Å². The normalized spacial score (nSPS) is 20.1. The average Bonchev–Trinajstić information content (AvgIpc) is 2.68. The lowest BCUT2D eigenvalue weighted by molar-refractivity contribution is -0.117. The first kappa shape index (κ1) is 12.4. The number of hydrogen-bond acceptors (Lipinski definition) is 2. The fourth-order valence-corrected chi connectivity index (χ4v) is 2.20. The van der Waals surface area contributed by atoms with E-state index in [1.54, 1.807) is 0 Å². The summed E-state index contributed by atoms with van der Waals surface area (Å²) < 4.78 is 27.1. The first-order valence-corrected chi connectivity index (χ1v) is 5.97. The summed E-state index contributed by atoms with van der Waals surface area (Å²) in [6, 6.07) is 2.77. The summed E-state index contributed by atoms with van der Waals surface area (Å²) in [5.74, 6) is -2.20. The van der Waals surface area contributed by atoms with E-state index in [1.165, 1.54) is 17.0 Å². The lowest BCUT2D eigenvalue weighted by Gasteiger charge is -2.17. The molecule has 0 bridgehead atoms. The molecule has 1 unspecified atom stereocenters. The molecule has 1 aliphatic heterocycles. The molecule has 92 valence electrons. The van der Waals surface area contributed by atoms with Crippen LogP contribution in [0.15, 0.2) is 16.6 Å². The molecular formula is C11H11BrF2N2O. The van der Waals surface area contributed by atoms with Crippen LogP contribution in [0.1, 0.15) is 6.42 Å². The molecule has 2 N–H and O–H groups in total. The van der Waals surface area contributed by atoms with Crippen molar-refractivity contribution in [2.45, 2.75) is 6.42 Å². The van der Waals surface area contributed by atoms with Gasteiger partial charge in [-0.15, -0.1) is 0 Å². The molecule has 6 heteroatoms. The minimum absolute atomic E-state index is 0.00797. The van der Waals surface area contributed by atoms with Crippen molar-refractivity contribution in [1.29, 1.82) is 0 Å². The Morgan fingerprint density at radius 2 is 2.12 bits per heavy atom. The van der Waals surface area contributed by atoms with Crippen molar-refractivity contribution in [3.05, 3.63) is 28.2 Å². The molecule has 1 atom stereocenters. The van der Waals surface area contributed by atoms with Crippen molar-refractivity contribution in [2.75, 3.05) is 18.0 Å². The largest absolute Gasteiger partial charge is 0.330 e. The fourth-order valence-electron chi connectivity index (χ4n) is 1.90. The highest BCUT2D eigenvalue weighted by Gasteiger charge is 2.32. The highest BCUT2D eigenvalue weighted by molar-refractivity contribution is 9.10. The van der Waals surface area contributed by atoms with E-state index < -0.39 is 11.6 Å². The number of nitrogens with two attached hydrogens (primary N) is 1. The molecule has 0 saturated carbocycles. The molecule has 2 rings (SSSR count). The maximum Gasteiger partial charge on any atom is 0.227 e. The number of nitrogens with zero attached hydrogens (tertiary/aromatic N) is 1. The predicted octanol–water partition coefficient (Wildman–Crippen LogP) is 2.04. The van der Waals surface area contributed by atoms with Gasteiger partial charge >= 0.3 is 0 Å². The van der Waals surface area contributed by atoms with E-state index in [1.807, 2.05) is 0 Å². The van der Waals surface area contributed by atoms with E-state index >= 15 is 0 Å². The number of anilines is 1. The highest BCUT2D eigenvalue weighted by Crippen LogP contribution is 2.31. The van der Waals surface area contributed by atoms with Crippen LogP contribution in [-0.4, -0.2) is 19.0 Å². The SMILES string of the molecule is NCC1CC(=O)N(c2ccc(Br)c(F)c2F)C1. The molecule has 1 aromatic carbocycles. The molecule has 17 heavy (non-hydrogen) atoms. The summed E-state index contributed by atoms with van der Waals surface area (Å²) in [5.41, 5.74) is 5.45. The van der Waals surface area contributed by atoms with Crippen molar-refractivity contribution < 1.29 is 13.6 Å². The Labute approximate surface area is 106 Å². The molecule has 1 saturated heterocycles. The topological polar surface area (TPSA) is 46.3 Å².